The van der Waals surface area contributed by atoms with Crippen molar-refractivity contribution in [3.05, 3.63) is 54.2 Å². The number of carbonyl (C=O) groups is 1. The molecule has 2 N–H and O–H groups in total. The Morgan fingerprint density at radius 2 is 1.74 bits per heavy atom. The van der Waals surface area contributed by atoms with E-state index in [4.69, 9.17) is 9.84 Å². The van der Waals surface area contributed by atoms with Crippen molar-refractivity contribution in [3.8, 4) is 28.7 Å². The molecule has 1 aliphatic rings. The molecular weight excluding hydrogens is 463 g/mol. The molecule has 4 aromatic rings. The molecule has 0 saturated heterocycles. The molecule has 0 aliphatic heterocycles. The lowest BCUT2D eigenvalue weighted by atomic mass is 9.87. The molecular formula is C24H20F3N5O3. The molecule has 180 valence electrons. The number of ether oxygens (including phenoxy) is 1. The number of pyridine rings is 1. The van der Waals surface area contributed by atoms with Gasteiger partial charge in [-0.1, -0.05) is 0 Å². The summed E-state index contributed by atoms with van der Waals surface area (Å²) in [7, 11) is 0. The molecule has 0 amide bonds. The minimum atomic E-state index is -4.44. The number of hydrogen-bond acceptors (Lipinski definition) is 6. The highest BCUT2D eigenvalue weighted by molar-refractivity contribution is 5.79. The van der Waals surface area contributed by atoms with Crippen molar-refractivity contribution >= 4 is 17.0 Å². The van der Waals surface area contributed by atoms with E-state index in [9.17, 15) is 18.0 Å². The number of alkyl halides is 3. The topological polar surface area (TPSA) is 114 Å². The van der Waals surface area contributed by atoms with E-state index in [1.165, 1.54) is 6.07 Å². The zero-order valence-corrected chi connectivity index (χ0v) is 18.3. The number of nitrogens with zero attached hydrogens (tertiary/aromatic N) is 4. The number of halogens is 3. The fraction of sp³-hybridized carbons (Fsp3) is 0.292. The van der Waals surface area contributed by atoms with Crippen LogP contribution >= 0.6 is 0 Å². The molecule has 11 heteroatoms. The molecule has 0 unspecified atom stereocenters. The summed E-state index contributed by atoms with van der Waals surface area (Å²) in [6.07, 6.45) is -0.348. The van der Waals surface area contributed by atoms with Gasteiger partial charge in [0.1, 0.15) is 11.8 Å². The van der Waals surface area contributed by atoms with E-state index in [-0.39, 0.29) is 17.5 Å². The van der Waals surface area contributed by atoms with Gasteiger partial charge in [0.25, 0.3) is 0 Å². The van der Waals surface area contributed by atoms with Crippen molar-refractivity contribution in [2.45, 2.75) is 38.0 Å². The van der Waals surface area contributed by atoms with Crippen LogP contribution in [-0.4, -0.2) is 42.3 Å². The fourth-order valence-corrected chi connectivity index (χ4v) is 4.12. The number of nitrogens with one attached hydrogen (secondary N) is 1. The monoisotopic (exact) mass is 483 g/mol. The SMILES string of the molecule is O=C(O)[C@H]1CC[C@@H](Oc2ccc(-c3ccc(-c4nc5ccc(C(F)(F)F)cc5[nH]4)nn3)cn2)CC1. The standard InChI is InChI=1S/C24H20F3N5O3/c25-24(26,27)15-4-7-18-20(11-15)30-22(29-18)19-9-8-17(31-32-19)14-3-10-21(28-12-14)35-16-5-1-13(2-6-16)23(33)34/h3-4,7-13,16H,1-2,5-6H2,(H,29,30)(H,33,34)/t13-,16+. The summed E-state index contributed by atoms with van der Waals surface area (Å²) >= 11 is 0. The van der Waals surface area contributed by atoms with E-state index < -0.39 is 17.7 Å². The number of rotatable bonds is 5. The van der Waals surface area contributed by atoms with Crippen molar-refractivity contribution in [1.82, 2.24) is 25.1 Å². The smallest absolute Gasteiger partial charge is 0.416 e. The Balaban J connectivity index is 1.26. The maximum absolute atomic E-state index is 12.9. The zero-order chi connectivity index (χ0) is 24.6. The number of carboxylic acid groups (broad SMARTS) is 1. The molecule has 35 heavy (non-hydrogen) atoms. The Labute approximate surface area is 197 Å². The maximum atomic E-state index is 12.9. The molecule has 1 saturated carbocycles. The molecule has 0 atom stereocenters. The Morgan fingerprint density at radius 1 is 1.00 bits per heavy atom. The van der Waals surface area contributed by atoms with Crippen LogP contribution < -0.4 is 4.74 Å². The first-order chi connectivity index (χ1) is 16.8. The quantitative estimate of drug-likeness (QED) is 0.405. The second-order valence-corrected chi connectivity index (χ2v) is 8.43. The second-order valence-electron chi connectivity index (χ2n) is 8.43. The molecule has 0 spiro atoms. The number of aliphatic carboxylic acids is 1. The normalized spacial score (nSPS) is 18.5. The number of benzene rings is 1. The molecule has 1 aromatic carbocycles. The van der Waals surface area contributed by atoms with Gasteiger partial charge < -0.3 is 14.8 Å². The van der Waals surface area contributed by atoms with Crippen LogP contribution in [0.2, 0.25) is 0 Å². The van der Waals surface area contributed by atoms with Crippen LogP contribution in [0, 0.1) is 5.92 Å². The molecule has 8 nitrogen and oxygen atoms in total. The van der Waals surface area contributed by atoms with Crippen LogP contribution in [-0.2, 0) is 11.0 Å². The van der Waals surface area contributed by atoms with Gasteiger partial charge in [-0.25, -0.2) is 9.97 Å². The third-order valence-electron chi connectivity index (χ3n) is 6.06. The third-order valence-corrected chi connectivity index (χ3v) is 6.06. The third kappa shape index (κ3) is 4.93. The molecule has 5 rings (SSSR count). The van der Waals surface area contributed by atoms with Gasteiger partial charge in [0.05, 0.1) is 28.2 Å². The van der Waals surface area contributed by atoms with Crippen LogP contribution in [0.25, 0.3) is 33.8 Å². The highest BCUT2D eigenvalue weighted by Crippen LogP contribution is 2.32. The molecule has 3 heterocycles. The summed E-state index contributed by atoms with van der Waals surface area (Å²) in [4.78, 5) is 22.6. The van der Waals surface area contributed by atoms with E-state index in [0.717, 1.165) is 12.1 Å². The van der Waals surface area contributed by atoms with Gasteiger partial charge in [0, 0.05) is 17.8 Å². The van der Waals surface area contributed by atoms with Crippen molar-refractivity contribution in [3.63, 3.8) is 0 Å². The van der Waals surface area contributed by atoms with E-state index >= 15 is 0 Å². The highest BCUT2D eigenvalue weighted by Gasteiger charge is 2.31. The number of imidazole rings is 1. The lowest BCUT2D eigenvalue weighted by Crippen LogP contribution is -2.28. The van der Waals surface area contributed by atoms with E-state index in [1.807, 2.05) is 0 Å². The number of hydrogen-bond donors (Lipinski definition) is 2. The summed E-state index contributed by atoms with van der Waals surface area (Å²) in [5.41, 5.74) is 1.57. The van der Waals surface area contributed by atoms with Crippen LogP contribution in [0.3, 0.4) is 0 Å². The predicted octanol–water partition coefficient (Wildman–Crippen LogP) is 5.12. The summed E-state index contributed by atoms with van der Waals surface area (Å²) in [6, 6.07) is 10.2. The van der Waals surface area contributed by atoms with Crippen molar-refractivity contribution in [1.29, 1.82) is 0 Å². The maximum Gasteiger partial charge on any atom is 0.416 e. The van der Waals surface area contributed by atoms with Gasteiger partial charge in [0.15, 0.2) is 5.82 Å². The molecule has 3 aromatic heterocycles. The van der Waals surface area contributed by atoms with Gasteiger partial charge in [-0.2, -0.15) is 13.2 Å². The summed E-state index contributed by atoms with van der Waals surface area (Å²) < 4.78 is 44.7. The van der Waals surface area contributed by atoms with Gasteiger partial charge >= 0.3 is 12.1 Å². The van der Waals surface area contributed by atoms with E-state index in [1.54, 1.807) is 30.5 Å². The first-order valence-corrected chi connectivity index (χ1v) is 11.0. The number of carboxylic acids is 1. The average Bonchev–Trinajstić information content (AvgIpc) is 3.28. The second kappa shape index (κ2) is 8.97. The van der Waals surface area contributed by atoms with Crippen LogP contribution in [0.4, 0.5) is 13.2 Å². The summed E-state index contributed by atoms with van der Waals surface area (Å²) in [6.45, 7) is 0. The largest absolute Gasteiger partial charge is 0.481 e. The van der Waals surface area contributed by atoms with Crippen LogP contribution in [0.15, 0.2) is 48.7 Å². The molecule has 1 fully saturated rings. The number of H-pyrrole nitrogens is 1. The minimum absolute atomic E-state index is 0.0564. The van der Waals surface area contributed by atoms with Gasteiger partial charge in [-0.15, -0.1) is 10.2 Å². The highest BCUT2D eigenvalue weighted by atomic mass is 19.4. The lowest BCUT2D eigenvalue weighted by molar-refractivity contribution is -0.143. The number of aromatic amines is 1. The van der Waals surface area contributed by atoms with Crippen molar-refractivity contribution in [2.75, 3.05) is 0 Å². The lowest BCUT2D eigenvalue weighted by Gasteiger charge is -2.26. The van der Waals surface area contributed by atoms with E-state index in [2.05, 4.69) is 25.1 Å². The van der Waals surface area contributed by atoms with Crippen LogP contribution in [0.5, 0.6) is 5.88 Å². The summed E-state index contributed by atoms with van der Waals surface area (Å²) in [5.74, 6) is -0.284. The van der Waals surface area contributed by atoms with Gasteiger partial charge in [0.2, 0.25) is 5.88 Å². The Hall–Kier alpha value is -4.02. The minimum Gasteiger partial charge on any atom is -0.481 e. The van der Waals surface area contributed by atoms with Gasteiger partial charge in [-0.3, -0.25) is 4.79 Å². The Kier molecular flexibility index (Phi) is 5.83. The first kappa shape index (κ1) is 22.8. The molecule has 0 bridgehead atoms. The van der Waals surface area contributed by atoms with Crippen molar-refractivity contribution in [2.24, 2.45) is 5.92 Å². The zero-order valence-electron chi connectivity index (χ0n) is 18.3. The first-order valence-electron chi connectivity index (χ1n) is 11.0. The fourth-order valence-electron chi connectivity index (χ4n) is 4.12. The Bertz CT molecular complexity index is 1350. The van der Waals surface area contributed by atoms with Gasteiger partial charge in [-0.05, 0) is 62.1 Å². The van der Waals surface area contributed by atoms with Crippen molar-refractivity contribution < 1.29 is 27.8 Å². The number of fused-ring (bicyclic) bond motifs is 1. The number of aromatic nitrogens is 5. The average molecular weight is 483 g/mol. The van der Waals surface area contributed by atoms with E-state index in [0.29, 0.717) is 59.9 Å². The molecule has 0 radical (unpaired) electrons. The molecule has 1 aliphatic carbocycles. The predicted molar refractivity (Wildman–Crippen MR) is 119 cm³/mol. The Morgan fingerprint density at radius 3 is 2.37 bits per heavy atom. The van der Waals surface area contributed by atoms with Crippen LogP contribution in [0.1, 0.15) is 31.2 Å². The summed E-state index contributed by atoms with van der Waals surface area (Å²) in [5, 5.41) is 17.5.